The van der Waals surface area contributed by atoms with Crippen LogP contribution in [0.3, 0.4) is 0 Å². The van der Waals surface area contributed by atoms with Crippen molar-refractivity contribution in [3.8, 4) is 0 Å². The first kappa shape index (κ1) is 19.2. The highest BCUT2D eigenvalue weighted by molar-refractivity contribution is 7.99. The Bertz CT molecular complexity index is 673. The van der Waals surface area contributed by atoms with E-state index in [-0.39, 0.29) is 0 Å². The molecule has 0 aliphatic carbocycles. The summed E-state index contributed by atoms with van der Waals surface area (Å²) in [5.41, 5.74) is 2.38. The van der Waals surface area contributed by atoms with Crippen LogP contribution in [-0.2, 0) is 11.3 Å². The second kappa shape index (κ2) is 10.5. The van der Waals surface area contributed by atoms with Crippen LogP contribution in [-0.4, -0.2) is 43.7 Å². The number of hydrogen-bond donors (Lipinski definition) is 3. The van der Waals surface area contributed by atoms with Crippen molar-refractivity contribution in [1.29, 1.82) is 0 Å². The molecule has 0 saturated carbocycles. The molecular weight excluding hydrogens is 362 g/mol. The van der Waals surface area contributed by atoms with E-state index >= 15 is 0 Å². The molecule has 4 nitrogen and oxygen atoms in total. The fraction of sp³-hybridized carbons (Fsp3) is 0.350. The van der Waals surface area contributed by atoms with Crippen LogP contribution >= 0.6 is 24.0 Å². The average Bonchev–Trinajstić information content (AvgIpc) is 2.68. The van der Waals surface area contributed by atoms with Gasteiger partial charge >= 0.3 is 0 Å². The molecule has 0 unspecified atom stereocenters. The van der Waals surface area contributed by atoms with Crippen LogP contribution in [0.2, 0.25) is 0 Å². The summed E-state index contributed by atoms with van der Waals surface area (Å²) >= 11 is 7.21. The number of rotatable bonds is 7. The van der Waals surface area contributed by atoms with Crippen molar-refractivity contribution in [2.24, 2.45) is 0 Å². The first-order valence-corrected chi connectivity index (χ1v) is 10.4. The van der Waals surface area contributed by atoms with Gasteiger partial charge in [0.1, 0.15) is 19.6 Å². The molecule has 26 heavy (non-hydrogen) atoms. The first-order valence-electron chi connectivity index (χ1n) is 9.02. The zero-order valence-corrected chi connectivity index (χ0v) is 16.5. The molecule has 1 heterocycles. The molecule has 1 aliphatic heterocycles. The van der Waals surface area contributed by atoms with Crippen LogP contribution in [0.4, 0.5) is 5.69 Å². The van der Waals surface area contributed by atoms with Gasteiger partial charge in [0.05, 0.1) is 13.2 Å². The molecule has 0 aromatic heterocycles. The Morgan fingerprint density at radius 3 is 2.50 bits per heavy atom. The zero-order chi connectivity index (χ0) is 18.0. The highest BCUT2D eigenvalue weighted by atomic mass is 32.2. The van der Waals surface area contributed by atoms with Crippen molar-refractivity contribution >= 4 is 34.8 Å². The van der Waals surface area contributed by atoms with Crippen molar-refractivity contribution in [1.82, 2.24) is 5.32 Å². The number of ether oxygens (including phenoxy) is 1. The molecule has 3 N–H and O–H groups in total. The van der Waals surface area contributed by atoms with Crippen molar-refractivity contribution in [3.05, 3.63) is 60.2 Å². The topological polar surface area (TPSA) is 37.7 Å². The predicted octanol–water partition coefficient (Wildman–Crippen LogP) is 2.18. The molecule has 1 saturated heterocycles. The fourth-order valence-corrected chi connectivity index (χ4v) is 3.87. The van der Waals surface area contributed by atoms with Gasteiger partial charge in [-0.05, 0) is 36.5 Å². The monoisotopic (exact) mass is 388 g/mol. The van der Waals surface area contributed by atoms with Crippen LogP contribution in [0.25, 0.3) is 0 Å². The van der Waals surface area contributed by atoms with Crippen molar-refractivity contribution in [2.75, 3.05) is 43.9 Å². The molecule has 138 valence electrons. The zero-order valence-electron chi connectivity index (χ0n) is 14.9. The number of thioether (sulfide) groups is 1. The lowest BCUT2D eigenvalue weighted by Crippen LogP contribution is -3.12. The Labute approximate surface area is 165 Å². The highest BCUT2D eigenvalue weighted by Crippen LogP contribution is 2.15. The number of morpholine rings is 1. The molecule has 2 aromatic carbocycles. The molecular formula is C20H26N3OS2+. The van der Waals surface area contributed by atoms with Crippen LogP contribution in [0.15, 0.2) is 59.5 Å². The van der Waals surface area contributed by atoms with E-state index in [1.165, 1.54) is 10.5 Å². The van der Waals surface area contributed by atoms with E-state index in [2.05, 4.69) is 59.2 Å². The van der Waals surface area contributed by atoms with E-state index in [1.54, 1.807) is 4.90 Å². The minimum absolute atomic E-state index is 0.671. The highest BCUT2D eigenvalue weighted by Gasteiger charge is 2.13. The van der Waals surface area contributed by atoms with Crippen LogP contribution < -0.4 is 15.5 Å². The van der Waals surface area contributed by atoms with E-state index in [0.717, 1.165) is 50.8 Å². The molecule has 2 aromatic rings. The lowest BCUT2D eigenvalue weighted by atomic mass is 10.2. The fourth-order valence-electron chi connectivity index (χ4n) is 2.86. The van der Waals surface area contributed by atoms with Gasteiger partial charge in [-0.15, -0.1) is 11.8 Å². The Kier molecular flexibility index (Phi) is 7.76. The second-order valence-corrected chi connectivity index (χ2v) is 7.86. The maximum Gasteiger partial charge on any atom is 0.170 e. The summed E-state index contributed by atoms with van der Waals surface area (Å²) in [5.74, 6) is 0.979. The number of benzene rings is 2. The minimum atomic E-state index is 0.671. The van der Waals surface area contributed by atoms with Gasteiger partial charge in [0.2, 0.25) is 0 Å². The smallest absolute Gasteiger partial charge is 0.170 e. The average molecular weight is 389 g/mol. The van der Waals surface area contributed by atoms with Gasteiger partial charge in [0.25, 0.3) is 0 Å². The summed E-state index contributed by atoms with van der Waals surface area (Å²) < 4.78 is 5.41. The van der Waals surface area contributed by atoms with Gasteiger partial charge in [-0.25, -0.2) is 0 Å². The number of anilines is 1. The Morgan fingerprint density at radius 1 is 1.04 bits per heavy atom. The molecule has 0 amide bonds. The standard InChI is InChI=1S/C20H25N3OS2/c25-20(21-10-15-26-19-4-2-1-3-5-19)22-18-8-6-17(7-9-18)16-23-11-13-24-14-12-23/h1-9H,10-16H2,(H2,21,22,25)/p+1. The van der Waals surface area contributed by atoms with Crippen molar-refractivity contribution < 1.29 is 9.64 Å². The second-order valence-electron chi connectivity index (χ2n) is 6.28. The van der Waals surface area contributed by atoms with Gasteiger partial charge in [-0.1, -0.05) is 30.3 Å². The van der Waals surface area contributed by atoms with Crippen molar-refractivity contribution in [3.63, 3.8) is 0 Å². The molecule has 1 fully saturated rings. The number of nitrogens with one attached hydrogen (secondary N) is 3. The lowest BCUT2D eigenvalue weighted by Gasteiger charge is -2.23. The largest absolute Gasteiger partial charge is 0.370 e. The molecule has 3 rings (SSSR count). The van der Waals surface area contributed by atoms with Crippen molar-refractivity contribution in [2.45, 2.75) is 11.4 Å². The molecule has 0 spiro atoms. The van der Waals surface area contributed by atoms with E-state index in [4.69, 9.17) is 17.0 Å². The lowest BCUT2D eigenvalue weighted by molar-refractivity contribution is -0.921. The normalized spacial score (nSPS) is 14.8. The number of quaternary nitrogens is 1. The quantitative estimate of drug-likeness (QED) is 0.385. The van der Waals surface area contributed by atoms with E-state index < -0.39 is 0 Å². The SMILES string of the molecule is S=C(NCCSc1ccccc1)Nc1ccc(C[NH+]2CCOCC2)cc1. The van der Waals surface area contributed by atoms with Crippen LogP contribution in [0.5, 0.6) is 0 Å². The molecule has 6 heteroatoms. The molecule has 1 aliphatic rings. The first-order chi connectivity index (χ1) is 12.8. The predicted molar refractivity (Wildman–Crippen MR) is 113 cm³/mol. The summed E-state index contributed by atoms with van der Waals surface area (Å²) in [7, 11) is 0. The third-order valence-corrected chi connectivity index (χ3v) is 5.53. The molecule has 0 atom stereocenters. The Morgan fingerprint density at radius 2 is 1.77 bits per heavy atom. The summed E-state index contributed by atoms with van der Waals surface area (Å²) in [5, 5.41) is 7.19. The maximum absolute atomic E-state index is 5.41. The maximum atomic E-state index is 5.41. The van der Waals surface area contributed by atoms with E-state index in [9.17, 15) is 0 Å². The third kappa shape index (κ3) is 6.61. The van der Waals surface area contributed by atoms with Gasteiger partial charge in [-0.2, -0.15) is 0 Å². The third-order valence-electron chi connectivity index (χ3n) is 4.27. The van der Waals surface area contributed by atoms with E-state index in [0.29, 0.717) is 5.11 Å². The van der Waals surface area contributed by atoms with Gasteiger partial charge in [-0.3, -0.25) is 0 Å². The van der Waals surface area contributed by atoms with Gasteiger partial charge < -0.3 is 20.3 Å². The summed E-state index contributed by atoms with van der Waals surface area (Å²) in [6.45, 7) is 5.83. The van der Waals surface area contributed by atoms with Crippen LogP contribution in [0.1, 0.15) is 5.56 Å². The number of thiocarbonyl (C=S) groups is 1. The van der Waals surface area contributed by atoms with Crippen LogP contribution in [0, 0.1) is 0 Å². The Hall–Kier alpha value is -1.60. The summed E-state index contributed by atoms with van der Waals surface area (Å²) in [6.07, 6.45) is 0. The van der Waals surface area contributed by atoms with Gasteiger partial charge in [0, 0.05) is 28.4 Å². The molecule has 0 bridgehead atoms. The Balaban J connectivity index is 1.35. The summed E-state index contributed by atoms with van der Waals surface area (Å²) in [6, 6.07) is 19.0. The van der Waals surface area contributed by atoms with Gasteiger partial charge in [0.15, 0.2) is 5.11 Å². The minimum Gasteiger partial charge on any atom is -0.370 e. The number of hydrogen-bond acceptors (Lipinski definition) is 3. The molecule has 0 radical (unpaired) electrons. The summed E-state index contributed by atoms with van der Waals surface area (Å²) in [4.78, 5) is 2.87. The van der Waals surface area contributed by atoms with E-state index in [1.807, 2.05) is 17.8 Å².